The number of nitrogens with zero attached hydrogens (tertiary/aromatic N) is 5. The van der Waals surface area contributed by atoms with Crippen molar-refractivity contribution in [2.75, 3.05) is 12.3 Å². The number of aliphatic hydroxyl groups is 1. The quantitative estimate of drug-likeness (QED) is 0.419. The molecule has 2 aliphatic rings. The molecule has 0 spiro atoms. The number of nitrogen functional groups attached to an aromatic ring is 1. The fourth-order valence-corrected chi connectivity index (χ4v) is 5.90. The largest absolute Gasteiger partial charge is 0.387 e. The van der Waals surface area contributed by atoms with E-state index >= 15 is 0 Å². The molecule has 2 fully saturated rings. The highest BCUT2D eigenvalue weighted by molar-refractivity contribution is 5.87. The fourth-order valence-electron chi connectivity index (χ4n) is 5.90. The van der Waals surface area contributed by atoms with Gasteiger partial charge >= 0.3 is 0 Å². The molecule has 4 aromatic rings. The van der Waals surface area contributed by atoms with Gasteiger partial charge in [-0.3, -0.25) is 14.6 Å². The molecule has 6 rings (SSSR count). The SMILES string of the molecule is Nc1c(C=O)c(C2CC3CC[C@@H](C2)N3C(=O)CO)nc2c(-c3ccc(-c4ccccc4)nc3)cnn12. The van der Waals surface area contributed by atoms with Gasteiger partial charge in [0.1, 0.15) is 12.4 Å². The van der Waals surface area contributed by atoms with E-state index in [0.717, 1.165) is 41.5 Å². The number of carbonyl (C=O) groups excluding carboxylic acids is 2. The highest BCUT2D eigenvalue weighted by Crippen LogP contribution is 2.44. The number of aliphatic hydroxyl groups excluding tert-OH is 1. The van der Waals surface area contributed by atoms with Gasteiger partial charge in [0.25, 0.3) is 0 Å². The zero-order valence-corrected chi connectivity index (χ0v) is 19.6. The van der Waals surface area contributed by atoms with Crippen molar-refractivity contribution in [2.24, 2.45) is 0 Å². The molecule has 1 aromatic carbocycles. The Morgan fingerprint density at radius 2 is 1.81 bits per heavy atom. The van der Waals surface area contributed by atoms with E-state index < -0.39 is 6.61 Å². The molecule has 9 heteroatoms. The average molecular weight is 483 g/mol. The van der Waals surface area contributed by atoms with Crippen molar-refractivity contribution in [3.63, 3.8) is 0 Å². The smallest absolute Gasteiger partial charge is 0.248 e. The molecule has 36 heavy (non-hydrogen) atoms. The van der Waals surface area contributed by atoms with Gasteiger partial charge in [-0.1, -0.05) is 36.4 Å². The van der Waals surface area contributed by atoms with E-state index in [1.165, 1.54) is 4.52 Å². The van der Waals surface area contributed by atoms with Crippen LogP contribution >= 0.6 is 0 Å². The topological polar surface area (TPSA) is 127 Å². The van der Waals surface area contributed by atoms with Gasteiger partial charge in [-0.25, -0.2) is 4.98 Å². The minimum Gasteiger partial charge on any atom is -0.387 e. The monoisotopic (exact) mass is 482 g/mol. The van der Waals surface area contributed by atoms with Crippen LogP contribution in [0.25, 0.3) is 28.0 Å². The summed E-state index contributed by atoms with van der Waals surface area (Å²) >= 11 is 0. The van der Waals surface area contributed by atoms with Crippen molar-refractivity contribution in [3.05, 3.63) is 66.1 Å². The molecule has 0 aliphatic carbocycles. The van der Waals surface area contributed by atoms with Crippen LogP contribution in [0.5, 0.6) is 0 Å². The third kappa shape index (κ3) is 3.54. The number of pyridine rings is 1. The summed E-state index contributed by atoms with van der Waals surface area (Å²) in [5.74, 6) is 0.00872. The maximum Gasteiger partial charge on any atom is 0.248 e. The van der Waals surface area contributed by atoms with E-state index in [9.17, 15) is 14.7 Å². The summed E-state index contributed by atoms with van der Waals surface area (Å²) in [5, 5.41) is 13.8. The predicted octanol–water partition coefficient (Wildman–Crippen LogP) is 3.08. The predicted molar refractivity (Wildman–Crippen MR) is 134 cm³/mol. The molecule has 3 atom stereocenters. The fraction of sp³-hybridized carbons (Fsp3) is 0.296. The van der Waals surface area contributed by atoms with Gasteiger partial charge in [-0.05, 0) is 31.7 Å². The molecule has 5 heterocycles. The summed E-state index contributed by atoms with van der Waals surface area (Å²) in [4.78, 5) is 35.8. The Bertz CT molecular complexity index is 1440. The number of nitrogens with two attached hydrogens (primary N) is 1. The summed E-state index contributed by atoms with van der Waals surface area (Å²) in [7, 11) is 0. The van der Waals surface area contributed by atoms with Crippen molar-refractivity contribution in [3.8, 4) is 22.4 Å². The summed E-state index contributed by atoms with van der Waals surface area (Å²) in [6.07, 6.45) is 7.38. The summed E-state index contributed by atoms with van der Waals surface area (Å²) in [5.41, 5.74) is 11.5. The number of anilines is 1. The first-order chi connectivity index (χ1) is 17.6. The second kappa shape index (κ2) is 8.83. The molecule has 0 saturated carbocycles. The number of carbonyl (C=O) groups is 2. The van der Waals surface area contributed by atoms with Crippen LogP contribution in [0.3, 0.4) is 0 Å². The van der Waals surface area contributed by atoms with Crippen LogP contribution in [-0.2, 0) is 4.79 Å². The Hall–Kier alpha value is -4.11. The zero-order valence-electron chi connectivity index (χ0n) is 19.6. The first kappa shape index (κ1) is 22.4. The van der Waals surface area contributed by atoms with E-state index in [0.29, 0.717) is 29.7 Å². The number of benzene rings is 1. The lowest BCUT2D eigenvalue weighted by molar-refractivity contribution is -0.138. The van der Waals surface area contributed by atoms with Crippen LogP contribution < -0.4 is 5.73 Å². The Labute approximate surface area is 207 Å². The van der Waals surface area contributed by atoms with Crippen molar-refractivity contribution >= 4 is 23.7 Å². The van der Waals surface area contributed by atoms with Crippen molar-refractivity contribution in [1.29, 1.82) is 0 Å². The average Bonchev–Trinajstić information content (AvgIpc) is 3.47. The molecule has 9 nitrogen and oxygen atoms in total. The van der Waals surface area contributed by atoms with E-state index in [-0.39, 0.29) is 29.7 Å². The number of hydrogen-bond donors (Lipinski definition) is 2. The first-order valence-corrected chi connectivity index (χ1v) is 12.1. The lowest BCUT2D eigenvalue weighted by Crippen LogP contribution is -2.47. The minimum atomic E-state index is -0.481. The van der Waals surface area contributed by atoms with E-state index in [1.807, 2.05) is 47.4 Å². The van der Waals surface area contributed by atoms with Crippen LogP contribution in [0.15, 0.2) is 54.9 Å². The molecule has 1 amide bonds. The van der Waals surface area contributed by atoms with E-state index in [4.69, 9.17) is 10.7 Å². The van der Waals surface area contributed by atoms with Gasteiger partial charge in [0.05, 0.1) is 23.1 Å². The van der Waals surface area contributed by atoms with Gasteiger partial charge in [0.2, 0.25) is 5.91 Å². The molecule has 2 saturated heterocycles. The van der Waals surface area contributed by atoms with Gasteiger partial charge in [-0.2, -0.15) is 9.61 Å². The Morgan fingerprint density at radius 3 is 2.44 bits per heavy atom. The summed E-state index contributed by atoms with van der Waals surface area (Å²) in [6, 6.07) is 14.0. The number of amides is 1. The second-order valence-corrected chi connectivity index (χ2v) is 9.52. The number of rotatable bonds is 5. The lowest BCUT2D eigenvalue weighted by atomic mass is 9.86. The van der Waals surface area contributed by atoms with Crippen molar-refractivity contribution in [2.45, 2.75) is 43.7 Å². The highest BCUT2D eigenvalue weighted by atomic mass is 16.3. The standard InChI is InChI=1S/C27H26N6O3/c28-26-22(14-34)25(18-10-19-7-8-20(11-18)32(19)24(36)15-35)31-27-21(13-30-33(26)27)17-6-9-23(29-12-17)16-4-2-1-3-5-16/h1-6,9,12-14,18-20,35H,7-8,10-11,15,28H2/t18?,19-,20?/m0/s1. The molecule has 2 unspecified atom stereocenters. The van der Waals surface area contributed by atoms with E-state index in [2.05, 4.69) is 10.1 Å². The third-order valence-corrected chi connectivity index (χ3v) is 7.56. The Balaban J connectivity index is 1.39. The molecule has 3 N–H and O–H groups in total. The maximum absolute atomic E-state index is 12.3. The Morgan fingerprint density at radius 1 is 1.06 bits per heavy atom. The normalized spacial score (nSPS) is 21.1. The molecule has 2 bridgehead atoms. The second-order valence-electron chi connectivity index (χ2n) is 9.52. The highest BCUT2D eigenvalue weighted by Gasteiger charge is 2.44. The maximum atomic E-state index is 12.3. The molecule has 3 aromatic heterocycles. The van der Waals surface area contributed by atoms with Crippen LogP contribution in [0.4, 0.5) is 5.82 Å². The number of hydrogen-bond acceptors (Lipinski definition) is 7. The van der Waals surface area contributed by atoms with Crippen LogP contribution in [-0.4, -0.2) is 60.5 Å². The van der Waals surface area contributed by atoms with Crippen molar-refractivity contribution < 1.29 is 14.7 Å². The molecule has 182 valence electrons. The summed E-state index contributed by atoms with van der Waals surface area (Å²) < 4.78 is 1.51. The zero-order chi connectivity index (χ0) is 24.8. The molecule has 0 radical (unpaired) electrons. The van der Waals surface area contributed by atoms with E-state index in [1.54, 1.807) is 12.4 Å². The number of fused-ring (bicyclic) bond motifs is 3. The van der Waals surface area contributed by atoms with Crippen LogP contribution in [0, 0.1) is 0 Å². The van der Waals surface area contributed by atoms with Gasteiger partial charge < -0.3 is 15.7 Å². The molecule has 2 aliphatic heterocycles. The van der Waals surface area contributed by atoms with Crippen LogP contribution in [0.1, 0.15) is 47.7 Å². The molecular formula is C27H26N6O3. The first-order valence-electron chi connectivity index (χ1n) is 12.1. The minimum absolute atomic E-state index is 0.0147. The van der Waals surface area contributed by atoms with Gasteiger partial charge in [0.15, 0.2) is 11.9 Å². The van der Waals surface area contributed by atoms with Gasteiger partial charge in [0, 0.05) is 40.9 Å². The van der Waals surface area contributed by atoms with Gasteiger partial charge in [-0.15, -0.1) is 0 Å². The summed E-state index contributed by atoms with van der Waals surface area (Å²) in [6.45, 7) is -0.481. The Kier molecular flexibility index (Phi) is 5.49. The van der Waals surface area contributed by atoms with Crippen LogP contribution in [0.2, 0.25) is 0 Å². The molecular weight excluding hydrogens is 456 g/mol. The van der Waals surface area contributed by atoms with Crippen molar-refractivity contribution in [1.82, 2.24) is 24.5 Å². The lowest BCUT2D eigenvalue weighted by Gasteiger charge is -2.38. The number of aldehydes is 1. The number of aromatic nitrogens is 4. The number of piperidine rings is 1. The third-order valence-electron chi connectivity index (χ3n) is 7.56.